The first-order valence-electron chi connectivity index (χ1n) is 5.39. The number of carbonyl (C=O) groups excluding carboxylic acids is 1. The smallest absolute Gasteiger partial charge is 0.338 e. The summed E-state index contributed by atoms with van der Waals surface area (Å²) in [5.41, 5.74) is 0.132. The van der Waals surface area contributed by atoms with Crippen LogP contribution in [0, 0.1) is 0 Å². The number of amides is 2. The number of nitrogens with one attached hydrogen (secondary N) is 1. The van der Waals surface area contributed by atoms with Gasteiger partial charge >= 0.3 is 12.0 Å². The minimum atomic E-state index is -1.03. The first kappa shape index (κ1) is 13.5. The molecule has 0 aliphatic carbocycles. The summed E-state index contributed by atoms with van der Waals surface area (Å²) in [6, 6.07) is 1.21. The molecule has 0 aliphatic rings. The van der Waals surface area contributed by atoms with Crippen molar-refractivity contribution >= 4 is 28.3 Å². The molecule has 0 aromatic carbocycles. The third-order valence-corrected chi connectivity index (χ3v) is 3.14. The SMILES string of the molecule is CCCCN(C)C(=O)Nc1sccc1C(=O)O. The van der Waals surface area contributed by atoms with Gasteiger partial charge in [-0.05, 0) is 17.9 Å². The Bertz CT molecular complexity index is 403. The number of unbranched alkanes of at least 4 members (excludes halogenated alkanes) is 1. The van der Waals surface area contributed by atoms with Crippen molar-refractivity contribution in [2.24, 2.45) is 0 Å². The zero-order valence-electron chi connectivity index (χ0n) is 9.90. The molecule has 0 spiro atoms. The average molecular weight is 256 g/mol. The second-order valence-corrected chi connectivity index (χ2v) is 4.59. The molecule has 5 nitrogen and oxygen atoms in total. The van der Waals surface area contributed by atoms with E-state index >= 15 is 0 Å². The highest BCUT2D eigenvalue weighted by molar-refractivity contribution is 7.14. The van der Waals surface area contributed by atoms with Crippen molar-refractivity contribution in [2.75, 3.05) is 18.9 Å². The van der Waals surface area contributed by atoms with Crippen LogP contribution < -0.4 is 5.32 Å². The fraction of sp³-hybridized carbons (Fsp3) is 0.455. The highest BCUT2D eigenvalue weighted by Crippen LogP contribution is 2.23. The Labute approximate surface area is 104 Å². The lowest BCUT2D eigenvalue weighted by atomic mass is 10.3. The van der Waals surface area contributed by atoms with Crippen LogP contribution in [0.4, 0.5) is 9.80 Å². The number of carbonyl (C=O) groups is 2. The predicted octanol–water partition coefficient (Wildman–Crippen LogP) is 2.71. The van der Waals surface area contributed by atoms with E-state index < -0.39 is 5.97 Å². The molecule has 0 saturated carbocycles. The summed E-state index contributed by atoms with van der Waals surface area (Å²) in [5.74, 6) is -1.03. The van der Waals surface area contributed by atoms with Crippen LogP contribution in [-0.2, 0) is 0 Å². The van der Waals surface area contributed by atoms with Crippen molar-refractivity contribution in [2.45, 2.75) is 19.8 Å². The van der Waals surface area contributed by atoms with E-state index in [4.69, 9.17) is 5.11 Å². The monoisotopic (exact) mass is 256 g/mol. The van der Waals surface area contributed by atoms with E-state index in [0.717, 1.165) is 12.8 Å². The van der Waals surface area contributed by atoms with E-state index in [1.54, 1.807) is 17.3 Å². The lowest BCUT2D eigenvalue weighted by molar-refractivity contribution is 0.0698. The minimum absolute atomic E-state index is 0.132. The summed E-state index contributed by atoms with van der Waals surface area (Å²) in [6.07, 6.45) is 1.94. The van der Waals surface area contributed by atoms with Crippen molar-refractivity contribution in [1.82, 2.24) is 4.90 Å². The minimum Gasteiger partial charge on any atom is -0.478 e. The van der Waals surface area contributed by atoms with Crippen molar-refractivity contribution in [3.8, 4) is 0 Å². The number of hydrogen-bond acceptors (Lipinski definition) is 3. The number of hydrogen-bond donors (Lipinski definition) is 2. The van der Waals surface area contributed by atoms with Crippen LogP contribution in [0.25, 0.3) is 0 Å². The molecular formula is C11H16N2O3S. The summed E-state index contributed by atoms with van der Waals surface area (Å²) < 4.78 is 0. The van der Waals surface area contributed by atoms with Crippen LogP contribution >= 0.6 is 11.3 Å². The Balaban J connectivity index is 2.61. The number of anilines is 1. The normalized spacial score (nSPS) is 10.0. The summed E-state index contributed by atoms with van der Waals surface area (Å²) in [5, 5.41) is 13.5. The first-order chi connectivity index (χ1) is 8.06. The fourth-order valence-electron chi connectivity index (χ4n) is 1.26. The van der Waals surface area contributed by atoms with Crippen LogP contribution in [-0.4, -0.2) is 35.6 Å². The first-order valence-corrected chi connectivity index (χ1v) is 6.27. The number of thiophene rings is 1. The van der Waals surface area contributed by atoms with Crippen LogP contribution in [0.15, 0.2) is 11.4 Å². The highest BCUT2D eigenvalue weighted by Gasteiger charge is 2.15. The maximum Gasteiger partial charge on any atom is 0.338 e. The Morgan fingerprint density at radius 3 is 2.82 bits per heavy atom. The molecule has 0 saturated heterocycles. The second-order valence-electron chi connectivity index (χ2n) is 3.67. The Hall–Kier alpha value is -1.56. The summed E-state index contributed by atoms with van der Waals surface area (Å²) >= 11 is 1.21. The largest absolute Gasteiger partial charge is 0.478 e. The van der Waals surface area contributed by atoms with Gasteiger partial charge in [-0.15, -0.1) is 11.3 Å². The summed E-state index contributed by atoms with van der Waals surface area (Å²) in [6.45, 7) is 2.71. The van der Waals surface area contributed by atoms with E-state index in [0.29, 0.717) is 11.5 Å². The number of rotatable bonds is 5. The molecule has 1 heterocycles. The van der Waals surface area contributed by atoms with E-state index in [2.05, 4.69) is 5.32 Å². The van der Waals surface area contributed by atoms with Gasteiger partial charge in [0, 0.05) is 13.6 Å². The number of carboxylic acid groups (broad SMARTS) is 1. The molecular weight excluding hydrogens is 240 g/mol. The molecule has 1 aromatic heterocycles. The van der Waals surface area contributed by atoms with Gasteiger partial charge in [0.05, 0.1) is 5.56 Å². The van der Waals surface area contributed by atoms with Crippen molar-refractivity contribution in [1.29, 1.82) is 0 Å². The van der Waals surface area contributed by atoms with Gasteiger partial charge < -0.3 is 10.0 Å². The number of carboxylic acids is 1. The van der Waals surface area contributed by atoms with Crippen LogP contribution in [0.3, 0.4) is 0 Å². The molecule has 17 heavy (non-hydrogen) atoms. The van der Waals surface area contributed by atoms with Gasteiger partial charge in [0.15, 0.2) is 0 Å². The number of nitrogens with zero attached hydrogens (tertiary/aromatic N) is 1. The summed E-state index contributed by atoms with van der Waals surface area (Å²) in [7, 11) is 1.69. The molecule has 6 heteroatoms. The quantitative estimate of drug-likeness (QED) is 0.851. The predicted molar refractivity (Wildman–Crippen MR) is 67.8 cm³/mol. The van der Waals surface area contributed by atoms with Gasteiger partial charge in [-0.2, -0.15) is 0 Å². The molecule has 0 unspecified atom stereocenters. The lowest BCUT2D eigenvalue weighted by Gasteiger charge is -2.17. The number of urea groups is 1. The van der Waals surface area contributed by atoms with E-state index in [-0.39, 0.29) is 11.6 Å². The Morgan fingerprint density at radius 1 is 1.53 bits per heavy atom. The molecule has 0 aliphatic heterocycles. The molecule has 1 rings (SSSR count). The Kier molecular flexibility index (Phi) is 4.96. The van der Waals surface area contributed by atoms with Crippen molar-refractivity contribution in [3.05, 3.63) is 17.0 Å². The zero-order valence-corrected chi connectivity index (χ0v) is 10.7. The van der Waals surface area contributed by atoms with Gasteiger partial charge in [-0.1, -0.05) is 13.3 Å². The van der Waals surface area contributed by atoms with Crippen LogP contribution in [0.2, 0.25) is 0 Å². The topological polar surface area (TPSA) is 69.6 Å². The second kappa shape index (κ2) is 6.24. The standard InChI is InChI=1S/C11H16N2O3S/c1-3-4-6-13(2)11(16)12-9-8(10(14)15)5-7-17-9/h5,7H,3-4,6H2,1-2H3,(H,12,16)(H,14,15). The van der Waals surface area contributed by atoms with Gasteiger partial charge in [0.1, 0.15) is 5.00 Å². The third kappa shape index (κ3) is 3.74. The molecule has 0 atom stereocenters. The van der Waals surface area contributed by atoms with Gasteiger partial charge in [-0.3, -0.25) is 5.32 Å². The zero-order chi connectivity index (χ0) is 12.8. The van der Waals surface area contributed by atoms with E-state index in [9.17, 15) is 9.59 Å². The van der Waals surface area contributed by atoms with Crippen molar-refractivity contribution < 1.29 is 14.7 Å². The van der Waals surface area contributed by atoms with Crippen LogP contribution in [0.1, 0.15) is 30.1 Å². The maximum atomic E-state index is 11.7. The fourth-order valence-corrected chi connectivity index (χ4v) is 2.03. The van der Waals surface area contributed by atoms with Gasteiger partial charge in [-0.25, -0.2) is 9.59 Å². The molecule has 0 fully saturated rings. The lowest BCUT2D eigenvalue weighted by Crippen LogP contribution is -2.32. The van der Waals surface area contributed by atoms with Crippen LogP contribution in [0.5, 0.6) is 0 Å². The molecule has 2 N–H and O–H groups in total. The number of aromatic carboxylic acids is 1. The molecule has 2 amide bonds. The Morgan fingerprint density at radius 2 is 2.24 bits per heavy atom. The molecule has 94 valence electrons. The van der Waals surface area contributed by atoms with E-state index in [1.807, 2.05) is 6.92 Å². The average Bonchev–Trinajstić information content (AvgIpc) is 2.73. The maximum absolute atomic E-state index is 11.7. The van der Waals surface area contributed by atoms with Gasteiger partial charge in [0.2, 0.25) is 0 Å². The highest BCUT2D eigenvalue weighted by atomic mass is 32.1. The summed E-state index contributed by atoms with van der Waals surface area (Å²) in [4.78, 5) is 24.1. The van der Waals surface area contributed by atoms with Crippen molar-refractivity contribution in [3.63, 3.8) is 0 Å². The van der Waals surface area contributed by atoms with E-state index in [1.165, 1.54) is 17.4 Å². The molecule has 1 aromatic rings. The van der Waals surface area contributed by atoms with Gasteiger partial charge in [0.25, 0.3) is 0 Å². The molecule has 0 bridgehead atoms. The third-order valence-electron chi connectivity index (χ3n) is 2.31. The molecule has 0 radical (unpaired) electrons.